The highest BCUT2D eigenvalue weighted by atomic mass is 16.5. The number of aliphatic hydroxyl groups is 2. The number of carbonyl (C=O) groups excluding carboxylic acids is 2. The van der Waals surface area contributed by atoms with Gasteiger partial charge in [-0.15, -0.1) is 0 Å². The lowest BCUT2D eigenvalue weighted by Crippen LogP contribution is -2.46. The largest absolute Gasteiger partial charge is 0.462 e. The Hall–Kier alpha value is -2.96. The second-order valence-electron chi connectivity index (χ2n) is 15.6. The van der Waals surface area contributed by atoms with Crippen LogP contribution in [0.1, 0.15) is 201 Å². The van der Waals surface area contributed by atoms with E-state index in [0.29, 0.717) is 19.3 Å². The molecule has 57 heavy (non-hydrogen) atoms. The molecule has 0 saturated carbocycles. The third-order valence-electron chi connectivity index (χ3n) is 10.1. The molecule has 0 aromatic carbocycles. The molecule has 6 nitrogen and oxygen atoms in total. The molecule has 0 fully saturated rings. The van der Waals surface area contributed by atoms with Crippen LogP contribution in [0.5, 0.6) is 0 Å². The van der Waals surface area contributed by atoms with E-state index in [1.54, 1.807) is 0 Å². The Bertz CT molecular complexity index is 1120. The van der Waals surface area contributed by atoms with Gasteiger partial charge in [-0.1, -0.05) is 209 Å². The molecule has 3 N–H and O–H groups in total. The molecule has 0 radical (unpaired) electrons. The number of carbonyl (C=O) groups is 2. The van der Waals surface area contributed by atoms with Crippen molar-refractivity contribution < 1.29 is 24.5 Å². The summed E-state index contributed by atoms with van der Waals surface area (Å²) in [5.74, 6) is -0.553. The van der Waals surface area contributed by atoms with Crippen LogP contribution in [-0.2, 0) is 14.3 Å². The van der Waals surface area contributed by atoms with Crippen molar-refractivity contribution in [1.29, 1.82) is 0 Å². The number of amides is 1. The molecule has 0 rings (SSSR count). The Morgan fingerprint density at radius 2 is 1.00 bits per heavy atom. The third kappa shape index (κ3) is 39.6. The Kier molecular flexibility index (Phi) is 41.9. The number of unbranched alkanes of at least 4 members (excludes halogenated alkanes) is 19. The van der Waals surface area contributed by atoms with E-state index in [1.807, 2.05) is 54.7 Å². The van der Waals surface area contributed by atoms with Gasteiger partial charge in [-0.25, -0.2) is 0 Å². The number of hydrogen-bond acceptors (Lipinski definition) is 5. The number of nitrogens with one attached hydrogen (secondary N) is 1. The fourth-order valence-corrected chi connectivity index (χ4v) is 6.58. The minimum Gasteiger partial charge on any atom is -0.462 e. The number of esters is 1. The highest BCUT2D eigenvalue weighted by Crippen LogP contribution is 2.17. The molecule has 3 unspecified atom stereocenters. The molecule has 6 heteroatoms. The molecule has 3 atom stereocenters. The molecule has 0 aliphatic heterocycles. The van der Waals surface area contributed by atoms with Crippen LogP contribution in [0.3, 0.4) is 0 Å². The van der Waals surface area contributed by atoms with Gasteiger partial charge in [-0.2, -0.15) is 0 Å². The Morgan fingerprint density at radius 3 is 1.56 bits per heavy atom. The number of allylic oxidation sites excluding steroid dienone is 14. The maximum absolute atomic E-state index is 13.1. The van der Waals surface area contributed by atoms with Crippen molar-refractivity contribution >= 4 is 11.9 Å². The van der Waals surface area contributed by atoms with Gasteiger partial charge in [-0.3, -0.25) is 9.59 Å². The van der Waals surface area contributed by atoms with Crippen LogP contribution in [0.4, 0.5) is 0 Å². The first-order valence-corrected chi connectivity index (χ1v) is 23.4. The van der Waals surface area contributed by atoms with Gasteiger partial charge in [0.2, 0.25) is 5.91 Å². The zero-order valence-corrected chi connectivity index (χ0v) is 36.9. The summed E-state index contributed by atoms with van der Waals surface area (Å²) >= 11 is 0. The van der Waals surface area contributed by atoms with E-state index in [2.05, 4.69) is 56.5 Å². The summed E-state index contributed by atoms with van der Waals surface area (Å²) < 4.78 is 5.86. The summed E-state index contributed by atoms with van der Waals surface area (Å²) in [4.78, 5) is 25.9. The molecule has 0 saturated heterocycles. The second kappa shape index (κ2) is 44.1. The van der Waals surface area contributed by atoms with E-state index in [1.165, 1.54) is 64.2 Å². The average Bonchev–Trinajstić information content (AvgIpc) is 3.20. The van der Waals surface area contributed by atoms with E-state index in [-0.39, 0.29) is 24.9 Å². The van der Waals surface area contributed by atoms with Gasteiger partial charge in [0.1, 0.15) is 6.10 Å². The molecule has 0 heterocycles. The van der Waals surface area contributed by atoms with E-state index in [0.717, 1.165) is 89.9 Å². The maximum Gasteiger partial charge on any atom is 0.306 e. The first kappa shape index (κ1) is 54.0. The first-order valence-electron chi connectivity index (χ1n) is 23.4. The summed E-state index contributed by atoms with van der Waals surface area (Å²) in [6.45, 7) is 6.23. The molecule has 0 bridgehead atoms. The highest BCUT2D eigenvalue weighted by molar-refractivity contribution is 5.77. The molecule has 0 aromatic heterocycles. The summed E-state index contributed by atoms with van der Waals surface area (Å²) in [6, 6.07) is -0.718. The minimum absolute atomic E-state index is 0.0432. The fraction of sp³-hybridized carbons (Fsp3) is 0.686. The lowest BCUT2D eigenvalue weighted by molar-refractivity contribution is -0.151. The molecule has 0 aromatic rings. The van der Waals surface area contributed by atoms with Gasteiger partial charge in [0, 0.05) is 6.42 Å². The number of hydrogen-bond donors (Lipinski definition) is 3. The monoisotopic (exact) mass is 794 g/mol. The van der Waals surface area contributed by atoms with Crippen molar-refractivity contribution in [2.24, 2.45) is 0 Å². The van der Waals surface area contributed by atoms with Gasteiger partial charge < -0.3 is 20.3 Å². The van der Waals surface area contributed by atoms with Gasteiger partial charge in [0.15, 0.2) is 0 Å². The predicted molar refractivity (Wildman–Crippen MR) is 245 cm³/mol. The predicted octanol–water partition coefficient (Wildman–Crippen LogP) is 13.6. The average molecular weight is 794 g/mol. The molecular formula is C51H87NO5. The second-order valence-corrected chi connectivity index (χ2v) is 15.6. The molecule has 326 valence electrons. The number of ether oxygens (including phenoxy) is 1. The Morgan fingerprint density at radius 1 is 0.526 bits per heavy atom. The quantitative estimate of drug-likeness (QED) is 0.0248. The van der Waals surface area contributed by atoms with Crippen LogP contribution >= 0.6 is 0 Å². The fourth-order valence-electron chi connectivity index (χ4n) is 6.58. The lowest BCUT2D eigenvalue weighted by atomic mass is 10.0. The Labute approximate surface area is 351 Å². The topological polar surface area (TPSA) is 95.9 Å². The maximum atomic E-state index is 13.1. The van der Waals surface area contributed by atoms with E-state index < -0.39 is 18.2 Å². The van der Waals surface area contributed by atoms with Crippen LogP contribution < -0.4 is 5.32 Å². The van der Waals surface area contributed by atoms with Crippen LogP contribution in [0.25, 0.3) is 0 Å². The van der Waals surface area contributed by atoms with Crippen molar-refractivity contribution in [3.8, 4) is 0 Å². The number of rotatable bonds is 40. The summed E-state index contributed by atoms with van der Waals surface area (Å²) in [5, 5.41) is 23.6. The molecule has 1 amide bonds. The van der Waals surface area contributed by atoms with Gasteiger partial charge in [-0.05, 0) is 64.2 Å². The smallest absolute Gasteiger partial charge is 0.306 e. The van der Waals surface area contributed by atoms with Gasteiger partial charge >= 0.3 is 5.97 Å². The zero-order chi connectivity index (χ0) is 41.7. The van der Waals surface area contributed by atoms with Crippen molar-refractivity contribution in [3.63, 3.8) is 0 Å². The third-order valence-corrected chi connectivity index (χ3v) is 10.1. The highest BCUT2D eigenvalue weighted by Gasteiger charge is 2.24. The van der Waals surface area contributed by atoms with E-state index in [9.17, 15) is 19.8 Å². The summed E-state index contributed by atoms with van der Waals surface area (Å²) in [5.41, 5.74) is 0. The normalized spacial score (nSPS) is 14.1. The standard InChI is InChI=1S/C51H87NO5/c1-4-7-10-13-16-19-21-23-24-25-26-28-30-32-35-38-41-44-51(56)57-47(42-39-36-33-18-15-12-9-6-3)45-50(55)52-48(46-53)49(54)43-40-37-34-31-29-27-22-20-17-14-11-8-5-2/h7,10,12-13,15-16,19,21,23-26,28,30,47-49,53-54H,4-6,8-9,11,14,17-18,20,22,27,29,31-46H2,1-3H3,(H,52,55)/b10-7-,15-12-,16-13+,21-19+,24-23-,26-25+,30-28+. The van der Waals surface area contributed by atoms with Crippen molar-refractivity contribution in [3.05, 3.63) is 85.1 Å². The van der Waals surface area contributed by atoms with E-state index >= 15 is 0 Å². The minimum atomic E-state index is -0.802. The summed E-state index contributed by atoms with van der Waals surface area (Å²) in [7, 11) is 0. The van der Waals surface area contributed by atoms with E-state index in [4.69, 9.17) is 4.74 Å². The van der Waals surface area contributed by atoms with Crippen LogP contribution in [0, 0.1) is 0 Å². The number of aliphatic hydroxyl groups excluding tert-OH is 2. The first-order chi connectivity index (χ1) is 28.0. The van der Waals surface area contributed by atoms with Crippen molar-refractivity contribution in [2.75, 3.05) is 6.61 Å². The lowest BCUT2D eigenvalue weighted by Gasteiger charge is -2.24. The van der Waals surface area contributed by atoms with Gasteiger partial charge in [0.05, 0.1) is 25.2 Å². The molecule has 0 aliphatic rings. The Balaban J connectivity index is 4.58. The van der Waals surface area contributed by atoms with Crippen molar-refractivity contribution in [2.45, 2.75) is 219 Å². The van der Waals surface area contributed by atoms with Crippen LogP contribution in [0.2, 0.25) is 0 Å². The van der Waals surface area contributed by atoms with Crippen LogP contribution in [0.15, 0.2) is 85.1 Å². The summed E-state index contributed by atoms with van der Waals surface area (Å²) in [6.07, 6.45) is 56.4. The van der Waals surface area contributed by atoms with Gasteiger partial charge in [0.25, 0.3) is 0 Å². The molecule has 0 spiro atoms. The van der Waals surface area contributed by atoms with Crippen LogP contribution in [-0.4, -0.2) is 46.9 Å². The molecule has 0 aliphatic carbocycles. The SMILES string of the molecule is CC\C=C/C=C/C=C/C=C\C=C\C=C\CCCCCC(=O)OC(CCCCC/C=C\CCC)CC(=O)NC(CO)C(O)CCCCCCCCCCCCCCC. The van der Waals surface area contributed by atoms with Crippen molar-refractivity contribution in [1.82, 2.24) is 5.32 Å². The molecular weight excluding hydrogens is 707 g/mol. The zero-order valence-electron chi connectivity index (χ0n) is 36.9.